The Morgan fingerprint density at radius 1 is 1.14 bits per heavy atom. The van der Waals surface area contributed by atoms with Crippen LogP contribution < -0.4 is 4.90 Å². The average molecular weight is 317 g/mol. The second-order valence-electron chi connectivity index (χ2n) is 5.26. The predicted molar refractivity (Wildman–Crippen MR) is 73.8 cm³/mol. The third-order valence-electron chi connectivity index (χ3n) is 3.76. The fraction of sp³-hybridized carbons (Fsp3) is 0.643. The van der Waals surface area contributed by atoms with Gasteiger partial charge in [0.25, 0.3) is 0 Å². The van der Waals surface area contributed by atoms with Gasteiger partial charge >= 0.3 is 12.1 Å². The Morgan fingerprint density at radius 2 is 1.73 bits per heavy atom. The van der Waals surface area contributed by atoms with Crippen LogP contribution in [0.4, 0.5) is 19.0 Å². The van der Waals surface area contributed by atoms with Crippen molar-refractivity contribution in [1.29, 1.82) is 0 Å². The second kappa shape index (κ2) is 6.50. The molecule has 0 N–H and O–H groups in total. The summed E-state index contributed by atoms with van der Waals surface area (Å²) in [5.74, 6) is -0.642. The van der Waals surface area contributed by atoms with Crippen molar-refractivity contribution in [1.82, 2.24) is 10.2 Å². The van der Waals surface area contributed by atoms with Crippen molar-refractivity contribution in [3.05, 3.63) is 16.8 Å². The lowest BCUT2D eigenvalue weighted by Crippen LogP contribution is -2.29. The summed E-state index contributed by atoms with van der Waals surface area (Å²) in [5.41, 5.74) is -1.54. The number of carbonyl (C=O) groups is 1. The van der Waals surface area contributed by atoms with Gasteiger partial charge in [0.15, 0.2) is 11.5 Å². The highest BCUT2D eigenvalue weighted by Crippen LogP contribution is 2.34. The maximum Gasteiger partial charge on any atom is 0.435 e. The largest absolute Gasteiger partial charge is 0.465 e. The van der Waals surface area contributed by atoms with Gasteiger partial charge in [0, 0.05) is 18.7 Å². The molecule has 8 heteroatoms. The minimum atomic E-state index is -4.66. The summed E-state index contributed by atoms with van der Waals surface area (Å²) in [6.07, 6.45) is -0.740. The minimum Gasteiger partial charge on any atom is -0.465 e. The van der Waals surface area contributed by atoms with E-state index in [-0.39, 0.29) is 16.9 Å². The van der Waals surface area contributed by atoms with Crippen LogP contribution in [0.25, 0.3) is 0 Å². The zero-order chi connectivity index (χ0) is 16.3. The van der Waals surface area contributed by atoms with E-state index in [1.807, 2.05) is 4.90 Å². The van der Waals surface area contributed by atoms with Crippen LogP contribution in [-0.4, -0.2) is 36.4 Å². The first kappa shape index (κ1) is 16.5. The fourth-order valence-electron chi connectivity index (χ4n) is 2.63. The molecule has 0 unspecified atom stereocenters. The molecule has 1 aromatic heterocycles. The number of hydrogen-bond donors (Lipinski definition) is 0. The number of nitrogens with zero attached hydrogens (tertiary/aromatic N) is 3. The van der Waals surface area contributed by atoms with E-state index in [0.717, 1.165) is 32.8 Å². The molecule has 22 heavy (non-hydrogen) atoms. The molecule has 2 heterocycles. The predicted octanol–water partition coefficient (Wildman–Crippen LogP) is 2.97. The topological polar surface area (TPSA) is 55.3 Å². The lowest BCUT2D eigenvalue weighted by Gasteiger charge is -2.24. The highest BCUT2D eigenvalue weighted by atomic mass is 19.4. The maximum atomic E-state index is 13.0. The Kier molecular flexibility index (Phi) is 4.87. The number of ether oxygens (including phenoxy) is 1. The number of hydrogen-bond acceptors (Lipinski definition) is 5. The number of anilines is 1. The van der Waals surface area contributed by atoms with E-state index >= 15 is 0 Å². The fourth-order valence-corrected chi connectivity index (χ4v) is 2.63. The van der Waals surface area contributed by atoms with Crippen molar-refractivity contribution < 1.29 is 22.7 Å². The van der Waals surface area contributed by atoms with E-state index in [4.69, 9.17) is 0 Å². The van der Waals surface area contributed by atoms with Crippen LogP contribution in [0.1, 0.15) is 47.3 Å². The van der Waals surface area contributed by atoms with Crippen molar-refractivity contribution >= 4 is 11.8 Å². The molecule has 0 amide bonds. The number of halogens is 3. The number of alkyl halides is 3. The zero-order valence-corrected chi connectivity index (χ0v) is 12.5. The van der Waals surface area contributed by atoms with Crippen LogP contribution >= 0.6 is 0 Å². The Hall–Kier alpha value is -1.86. The van der Waals surface area contributed by atoms with E-state index in [0.29, 0.717) is 13.1 Å². The summed E-state index contributed by atoms with van der Waals surface area (Å²) < 4.78 is 43.5. The molecule has 5 nitrogen and oxygen atoms in total. The van der Waals surface area contributed by atoms with Crippen LogP contribution in [0, 0.1) is 6.92 Å². The smallest absolute Gasteiger partial charge is 0.435 e. The summed E-state index contributed by atoms with van der Waals surface area (Å²) in [6, 6.07) is 0. The lowest BCUT2D eigenvalue weighted by molar-refractivity contribution is -0.142. The van der Waals surface area contributed by atoms with E-state index in [2.05, 4.69) is 14.9 Å². The summed E-state index contributed by atoms with van der Waals surface area (Å²) in [6.45, 7) is 2.51. The van der Waals surface area contributed by atoms with Gasteiger partial charge in [-0.2, -0.15) is 13.2 Å². The van der Waals surface area contributed by atoms with Crippen LogP contribution in [0.5, 0.6) is 0 Å². The molecule has 0 aliphatic carbocycles. The number of carbonyl (C=O) groups excluding carboxylic acids is 1. The molecule has 0 bridgehead atoms. The van der Waals surface area contributed by atoms with E-state index in [1.165, 1.54) is 6.92 Å². The molecule has 0 atom stereocenters. The Morgan fingerprint density at radius 3 is 2.23 bits per heavy atom. The van der Waals surface area contributed by atoms with Crippen LogP contribution in [0.2, 0.25) is 0 Å². The normalized spacial score (nSPS) is 16.3. The van der Waals surface area contributed by atoms with Crippen molar-refractivity contribution in [2.45, 2.75) is 38.8 Å². The molecule has 0 radical (unpaired) electrons. The average Bonchev–Trinajstić information content (AvgIpc) is 2.73. The van der Waals surface area contributed by atoms with Crippen LogP contribution in [0.3, 0.4) is 0 Å². The van der Waals surface area contributed by atoms with Gasteiger partial charge < -0.3 is 9.64 Å². The standard InChI is InChI=1S/C14H18F3N3O2/c1-9-10(13(21)22-2)12(19-18-11(9)14(15,16)17)20-7-5-3-4-6-8-20/h3-8H2,1-2H3. The molecule has 0 spiro atoms. The van der Waals surface area contributed by atoms with Gasteiger partial charge in [-0.25, -0.2) is 4.79 Å². The molecular formula is C14H18F3N3O2. The van der Waals surface area contributed by atoms with Gasteiger partial charge in [0.2, 0.25) is 0 Å². The molecule has 1 saturated heterocycles. The van der Waals surface area contributed by atoms with Gasteiger partial charge in [0.1, 0.15) is 5.56 Å². The Bertz CT molecular complexity index is 553. The first-order valence-electron chi connectivity index (χ1n) is 7.14. The third kappa shape index (κ3) is 3.31. The molecule has 2 rings (SSSR count). The molecule has 1 aliphatic rings. The first-order chi connectivity index (χ1) is 10.4. The summed E-state index contributed by atoms with van der Waals surface area (Å²) in [7, 11) is 1.14. The van der Waals surface area contributed by atoms with Gasteiger partial charge in [-0.15, -0.1) is 10.2 Å². The highest BCUT2D eigenvalue weighted by Gasteiger charge is 2.38. The van der Waals surface area contributed by atoms with Crippen molar-refractivity contribution in [3.63, 3.8) is 0 Å². The molecule has 0 saturated carbocycles. The SMILES string of the molecule is COC(=O)c1c(N2CCCCCC2)nnc(C(F)(F)F)c1C. The van der Waals surface area contributed by atoms with Gasteiger partial charge in [-0.1, -0.05) is 12.8 Å². The zero-order valence-electron chi connectivity index (χ0n) is 12.5. The second-order valence-corrected chi connectivity index (χ2v) is 5.26. The lowest BCUT2D eigenvalue weighted by atomic mass is 10.1. The first-order valence-corrected chi connectivity index (χ1v) is 7.14. The van der Waals surface area contributed by atoms with E-state index in [9.17, 15) is 18.0 Å². The molecular weight excluding hydrogens is 299 g/mol. The Labute approximate surface area is 126 Å². The number of rotatable bonds is 2. The molecule has 1 fully saturated rings. The monoisotopic (exact) mass is 317 g/mol. The van der Waals surface area contributed by atoms with Crippen molar-refractivity contribution in [2.75, 3.05) is 25.1 Å². The van der Waals surface area contributed by atoms with Crippen molar-refractivity contribution in [3.8, 4) is 0 Å². The van der Waals surface area contributed by atoms with Gasteiger partial charge in [0.05, 0.1) is 7.11 Å². The molecule has 1 aliphatic heterocycles. The maximum absolute atomic E-state index is 13.0. The third-order valence-corrected chi connectivity index (χ3v) is 3.76. The molecule has 0 aromatic carbocycles. The van der Waals surface area contributed by atoms with Gasteiger partial charge in [-0.05, 0) is 19.8 Å². The van der Waals surface area contributed by atoms with Crippen molar-refractivity contribution in [2.24, 2.45) is 0 Å². The summed E-state index contributed by atoms with van der Waals surface area (Å²) in [4.78, 5) is 13.8. The van der Waals surface area contributed by atoms with Crippen LogP contribution in [0.15, 0.2) is 0 Å². The summed E-state index contributed by atoms with van der Waals surface area (Å²) >= 11 is 0. The number of aromatic nitrogens is 2. The highest BCUT2D eigenvalue weighted by molar-refractivity contribution is 5.96. The van der Waals surface area contributed by atoms with Crippen LogP contribution in [-0.2, 0) is 10.9 Å². The summed E-state index contributed by atoms with van der Waals surface area (Å²) in [5, 5.41) is 7.00. The number of esters is 1. The van der Waals surface area contributed by atoms with E-state index in [1.54, 1.807) is 0 Å². The quantitative estimate of drug-likeness (QED) is 0.785. The Balaban J connectivity index is 2.53. The minimum absolute atomic E-state index is 0.147. The molecule has 1 aromatic rings. The number of methoxy groups -OCH3 is 1. The van der Waals surface area contributed by atoms with Gasteiger partial charge in [-0.3, -0.25) is 0 Å². The van der Waals surface area contributed by atoms with E-state index < -0.39 is 17.8 Å². The molecule has 122 valence electrons.